The molecule has 0 saturated heterocycles. The van der Waals surface area contributed by atoms with Crippen molar-refractivity contribution in [2.75, 3.05) is 38.1 Å². The van der Waals surface area contributed by atoms with Crippen molar-refractivity contribution in [2.24, 2.45) is 4.99 Å². The van der Waals surface area contributed by atoms with E-state index in [2.05, 4.69) is 63.6 Å². The Hall–Kier alpha value is -2.50. The molecule has 0 aliphatic heterocycles. The van der Waals surface area contributed by atoms with Crippen LogP contribution in [0.3, 0.4) is 0 Å². The summed E-state index contributed by atoms with van der Waals surface area (Å²) in [4.78, 5) is 10.7. The molecule has 0 fully saturated rings. The van der Waals surface area contributed by atoms with E-state index in [0.29, 0.717) is 0 Å². The highest BCUT2D eigenvalue weighted by atomic mass is 15.2. The highest BCUT2D eigenvalue weighted by molar-refractivity contribution is 5.79. The minimum Gasteiger partial charge on any atom is -0.370 e. The number of aryl methyl sites for hydroxylation is 1. The van der Waals surface area contributed by atoms with Gasteiger partial charge in [-0.05, 0) is 31.5 Å². The molecule has 0 saturated carbocycles. The van der Waals surface area contributed by atoms with Crippen LogP contribution in [-0.4, -0.2) is 48.7 Å². The Kier molecular flexibility index (Phi) is 7.14. The van der Waals surface area contributed by atoms with Crippen LogP contribution in [0.2, 0.25) is 0 Å². The Morgan fingerprint density at radius 1 is 1.29 bits per heavy atom. The van der Waals surface area contributed by atoms with Gasteiger partial charge < -0.3 is 20.1 Å². The molecule has 0 unspecified atom stereocenters. The average molecular weight is 328 g/mol. The van der Waals surface area contributed by atoms with E-state index in [-0.39, 0.29) is 0 Å². The minimum atomic E-state index is 0.811. The summed E-state index contributed by atoms with van der Waals surface area (Å²) in [7, 11) is 1.80. The molecule has 0 spiro atoms. The molecule has 6 nitrogen and oxygen atoms in total. The largest absolute Gasteiger partial charge is 0.370 e. The maximum absolute atomic E-state index is 4.27. The Balaban J connectivity index is 1.74. The molecule has 0 aliphatic carbocycles. The molecule has 0 atom stereocenters. The summed E-state index contributed by atoms with van der Waals surface area (Å²) in [6.45, 7) is 8.74. The van der Waals surface area contributed by atoms with Crippen molar-refractivity contribution in [3.63, 3.8) is 0 Å². The number of hydrogen-bond donors (Lipinski definition) is 2. The number of rotatable bonds is 8. The zero-order chi connectivity index (χ0) is 17.2. The molecule has 2 N–H and O–H groups in total. The third-order valence-electron chi connectivity index (χ3n) is 3.87. The van der Waals surface area contributed by atoms with Crippen molar-refractivity contribution < 1.29 is 0 Å². The van der Waals surface area contributed by atoms with Gasteiger partial charge in [0, 0.05) is 57.9 Å². The third kappa shape index (κ3) is 5.61. The Morgan fingerprint density at radius 2 is 2.12 bits per heavy atom. The molecule has 0 bridgehead atoms. The van der Waals surface area contributed by atoms with Gasteiger partial charge in [0.1, 0.15) is 0 Å². The topological polar surface area (TPSA) is 57.5 Å². The van der Waals surface area contributed by atoms with E-state index in [1.165, 1.54) is 11.3 Å². The smallest absolute Gasteiger partial charge is 0.191 e. The third-order valence-corrected chi connectivity index (χ3v) is 3.87. The van der Waals surface area contributed by atoms with E-state index in [1.54, 1.807) is 13.2 Å². The first kappa shape index (κ1) is 17.8. The number of imidazole rings is 1. The normalized spacial score (nSPS) is 11.4. The summed E-state index contributed by atoms with van der Waals surface area (Å²) < 4.78 is 2.04. The van der Waals surface area contributed by atoms with Crippen LogP contribution in [0.5, 0.6) is 0 Å². The van der Waals surface area contributed by atoms with Crippen LogP contribution < -0.4 is 15.5 Å². The van der Waals surface area contributed by atoms with Gasteiger partial charge in [-0.3, -0.25) is 4.99 Å². The first-order chi connectivity index (χ1) is 11.7. The lowest BCUT2D eigenvalue weighted by Gasteiger charge is -2.24. The summed E-state index contributed by atoms with van der Waals surface area (Å²) >= 11 is 0. The van der Waals surface area contributed by atoms with Crippen molar-refractivity contribution in [3.8, 4) is 0 Å². The van der Waals surface area contributed by atoms with Gasteiger partial charge in [-0.15, -0.1) is 0 Å². The molecule has 0 radical (unpaired) electrons. The van der Waals surface area contributed by atoms with Crippen molar-refractivity contribution in [2.45, 2.75) is 20.4 Å². The molecule has 1 aromatic heterocycles. The van der Waals surface area contributed by atoms with E-state index in [4.69, 9.17) is 0 Å². The fraction of sp³-hybridized carbons (Fsp3) is 0.444. The van der Waals surface area contributed by atoms with Crippen LogP contribution in [0.15, 0.2) is 48.0 Å². The summed E-state index contributed by atoms with van der Waals surface area (Å²) in [6, 6.07) is 8.62. The average Bonchev–Trinajstić information content (AvgIpc) is 3.10. The van der Waals surface area contributed by atoms with Crippen LogP contribution in [0, 0.1) is 6.92 Å². The van der Waals surface area contributed by atoms with Gasteiger partial charge in [-0.25, -0.2) is 4.98 Å². The Labute approximate surface area is 144 Å². The van der Waals surface area contributed by atoms with Crippen molar-refractivity contribution in [1.82, 2.24) is 20.2 Å². The molecule has 2 aromatic rings. The second kappa shape index (κ2) is 9.60. The first-order valence-electron chi connectivity index (χ1n) is 8.44. The van der Waals surface area contributed by atoms with Crippen LogP contribution in [-0.2, 0) is 6.54 Å². The summed E-state index contributed by atoms with van der Waals surface area (Å²) in [5.74, 6) is 0.829. The number of aliphatic imine (C=N–C) groups is 1. The molecule has 24 heavy (non-hydrogen) atoms. The molecule has 6 heteroatoms. The second-order valence-corrected chi connectivity index (χ2v) is 5.64. The van der Waals surface area contributed by atoms with Crippen molar-refractivity contribution in [1.29, 1.82) is 0 Å². The number of benzene rings is 1. The van der Waals surface area contributed by atoms with E-state index >= 15 is 0 Å². The summed E-state index contributed by atoms with van der Waals surface area (Å²) in [5.41, 5.74) is 2.55. The van der Waals surface area contributed by atoms with Crippen LogP contribution >= 0.6 is 0 Å². The Bertz CT molecular complexity index is 620. The molecule has 130 valence electrons. The molecular formula is C18H28N6. The summed E-state index contributed by atoms with van der Waals surface area (Å²) in [6.07, 6.45) is 5.56. The van der Waals surface area contributed by atoms with Gasteiger partial charge >= 0.3 is 0 Å². The van der Waals surface area contributed by atoms with E-state index in [9.17, 15) is 0 Å². The zero-order valence-electron chi connectivity index (χ0n) is 14.9. The van der Waals surface area contributed by atoms with Gasteiger partial charge in [0.2, 0.25) is 0 Å². The minimum absolute atomic E-state index is 0.811. The molecule has 0 amide bonds. The number of nitrogens with one attached hydrogen (secondary N) is 2. The molecule has 2 rings (SSSR count). The van der Waals surface area contributed by atoms with Crippen molar-refractivity contribution in [3.05, 3.63) is 48.5 Å². The molecule has 0 aliphatic rings. The van der Waals surface area contributed by atoms with E-state index in [1.807, 2.05) is 17.1 Å². The number of hydrogen-bond acceptors (Lipinski definition) is 3. The molecular weight excluding hydrogens is 300 g/mol. The maximum Gasteiger partial charge on any atom is 0.191 e. The second-order valence-electron chi connectivity index (χ2n) is 5.64. The monoisotopic (exact) mass is 328 g/mol. The van der Waals surface area contributed by atoms with Crippen LogP contribution in [0.25, 0.3) is 0 Å². The SMILES string of the molecule is CCN(CCNC(=NC)NCCn1ccnc1)c1cccc(C)c1. The highest BCUT2D eigenvalue weighted by Crippen LogP contribution is 2.14. The van der Waals surface area contributed by atoms with E-state index < -0.39 is 0 Å². The molecule has 1 heterocycles. The lowest BCUT2D eigenvalue weighted by atomic mass is 10.2. The fourth-order valence-corrected chi connectivity index (χ4v) is 2.55. The predicted octanol–water partition coefficient (Wildman–Crippen LogP) is 1.88. The number of anilines is 1. The van der Waals surface area contributed by atoms with Gasteiger partial charge in [0.05, 0.1) is 6.33 Å². The lowest BCUT2D eigenvalue weighted by molar-refractivity contribution is 0.659. The molecule has 1 aromatic carbocycles. The van der Waals surface area contributed by atoms with Crippen LogP contribution in [0.4, 0.5) is 5.69 Å². The highest BCUT2D eigenvalue weighted by Gasteiger charge is 2.04. The number of likely N-dealkylation sites (N-methyl/N-ethyl adjacent to an activating group) is 1. The van der Waals surface area contributed by atoms with Crippen LogP contribution in [0.1, 0.15) is 12.5 Å². The fourth-order valence-electron chi connectivity index (χ4n) is 2.55. The standard InChI is InChI=1S/C18H28N6/c1-4-24(17-7-5-6-16(2)14-17)13-10-22-18(19-3)21-9-12-23-11-8-20-15-23/h5-8,11,14-15H,4,9-10,12-13H2,1-3H3,(H2,19,21,22). The zero-order valence-corrected chi connectivity index (χ0v) is 14.9. The Morgan fingerprint density at radius 3 is 2.79 bits per heavy atom. The van der Waals surface area contributed by atoms with Crippen molar-refractivity contribution >= 4 is 11.6 Å². The van der Waals surface area contributed by atoms with Gasteiger partial charge in [0.25, 0.3) is 0 Å². The first-order valence-corrected chi connectivity index (χ1v) is 8.44. The number of aromatic nitrogens is 2. The predicted molar refractivity (Wildman–Crippen MR) is 101 cm³/mol. The van der Waals surface area contributed by atoms with Gasteiger partial charge in [0.15, 0.2) is 5.96 Å². The number of nitrogens with zero attached hydrogens (tertiary/aromatic N) is 4. The number of guanidine groups is 1. The lowest BCUT2D eigenvalue weighted by Crippen LogP contribution is -2.42. The quantitative estimate of drug-likeness (QED) is 0.574. The summed E-state index contributed by atoms with van der Waals surface area (Å²) in [5, 5.41) is 6.69. The van der Waals surface area contributed by atoms with E-state index in [0.717, 1.165) is 38.7 Å². The van der Waals surface area contributed by atoms with Gasteiger partial charge in [-0.2, -0.15) is 0 Å². The van der Waals surface area contributed by atoms with Gasteiger partial charge in [-0.1, -0.05) is 12.1 Å². The maximum atomic E-state index is 4.27.